The number of hydrogen-bond donors (Lipinski definition) is 1. The molecule has 1 amide bonds. The topological polar surface area (TPSA) is 89.0 Å². The van der Waals surface area contributed by atoms with E-state index in [9.17, 15) is 14.7 Å². The summed E-state index contributed by atoms with van der Waals surface area (Å²) in [6, 6.07) is 15.2. The van der Waals surface area contributed by atoms with E-state index in [1.165, 1.54) is 4.90 Å². The van der Waals surface area contributed by atoms with Gasteiger partial charge < -0.3 is 19.5 Å². The monoisotopic (exact) mass is 522 g/mol. The van der Waals surface area contributed by atoms with Gasteiger partial charge in [-0.1, -0.05) is 40.2 Å². The molecule has 7 nitrogen and oxygen atoms in total. The normalized spacial score (nSPS) is 17.1. The molecule has 1 atom stereocenters. The van der Waals surface area contributed by atoms with Crippen molar-refractivity contribution in [3.63, 3.8) is 0 Å². The summed E-state index contributed by atoms with van der Waals surface area (Å²) < 4.78 is 11.5. The van der Waals surface area contributed by atoms with E-state index in [0.29, 0.717) is 29.0 Å². The first kappa shape index (κ1) is 23.5. The third kappa shape index (κ3) is 4.54. The Labute approximate surface area is 205 Å². The van der Waals surface area contributed by atoms with Crippen LogP contribution in [0.25, 0.3) is 5.76 Å². The first-order chi connectivity index (χ1) is 16.4. The van der Waals surface area contributed by atoms with Crippen LogP contribution in [0.15, 0.2) is 77.0 Å². The number of halogens is 1. The molecule has 1 aliphatic heterocycles. The Bertz CT molecular complexity index is 1240. The van der Waals surface area contributed by atoms with Crippen LogP contribution >= 0.6 is 15.9 Å². The molecule has 0 radical (unpaired) electrons. The molecule has 0 spiro atoms. The molecule has 0 aliphatic carbocycles. The van der Waals surface area contributed by atoms with Gasteiger partial charge in [-0.3, -0.25) is 14.6 Å². The third-order valence-electron chi connectivity index (χ3n) is 5.75. The number of carbonyl (C=O) groups excluding carboxylic acids is 2. The lowest BCUT2D eigenvalue weighted by Gasteiger charge is -2.25. The first-order valence-corrected chi connectivity index (χ1v) is 11.4. The Hall–Kier alpha value is -3.65. The number of nitrogens with zero attached hydrogens (tertiary/aromatic N) is 2. The molecule has 2 heterocycles. The minimum absolute atomic E-state index is 0.0487. The highest BCUT2D eigenvalue weighted by molar-refractivity contribution is 9.10. The van der Waals surface area contributed by atoms with Crippen LogP contribution in [0, 0.1) is 0 Å². The number of rotatable bonds is 7. The molecule has 174 valence electrons. The number of ether oxygens (including phenoxy) is 2. The lowest BCUT2D eigenvalue weighted by Crippen LogP contribution is -2.31. The second kappa shape index (κ2) is 10.1. The molecule has 0 saturated carbocycles. The molecule has 2 aromatic carbocycles. The van der Waals surface area contributed by atoms with E-state index >= 15 is 0 Å². The van der Waals surface area contributed by atoms with Crippen LogP contribution in [0.4, 0.5) is 0 Å². The molecular formula is C26H23BrN2O5. The molecule has 3 aromatic rings. The number of aliphatic hydroxyl groups excluding tert-OH is 1. The van der Waals surface area contributed by atoms with Gasteiger partial charge in [0.05, 0.1) is 25.8 Å². The van der Waals surface area contributed by atoms with Crippen molar-refractivity contribution in [2.75, 3.05) is 20.8 Å². The molecule has 1 unspecified atom stereocenters. The molecule has 1 N–H and O–H groups in total. The summed E-state index contributed by atoms with van der Waals surface area (Å²) in [5.41, 5.74) is 2.06. The van der Waals surface area contributed by atoms with Crippen LogP contribution in [0.2, 0.25) is 0 Å². The fourth-order valence-electron chi connectivity index (χ4n) is 4.04. The summed E-state index contributed by atoms with van der Waals surface area (Å²) >= 11 is 3.37. The van der Waals surface area contributed by atoms with Crippen LogP contribution in [0.3, 0.4) is 0 Å². The van der Waals surface area contributed by atoms with Crippen molar-refractivity contribution in [3.8, 4) is 11.5 Å². The molecule has 8 heteroatoms. The van der Waals surface area contributed by atoms with Gasteiger partial charge >= 0.3 is 0 Å². The minimum atomic E-state index is -0.752. The fourth-order valence-corrected chi connectivity index (χ4v) is 4.31. The van der Waals surface area contributed by atoms with E-state index in [4.69, 9.17) is 9.47 Å². The average molecular weight is 523 g/mol. The van der Waals surface area contributed by atoms with Gasteiger partial charge in [0, 0.05) is 29.0 Å². The average Bonchev–Trinajstić information content (AvgIpc) is 3.12. The maximum absolute atomic E-state index is 13.1. The Morgan fingerprint density at radius 2 is 1.79 bits per heavy atom. The van der Waals surface area contributed by atoms with Gasteiger partial charge in [-0.25, -0.2) is 0 Å². The highest BCUT2D eigenvalue weighted by Crippen LogP contribution is 2.39. The second-order valence-corrected chi connectivity index (χ2v) is 8.64. The number of amides is 1. The van der Waals surface area contributed by atoms with Crippen molar-refractivity contribution in [1.29, 1.82) is 0 Å². The number of Topliss-reactive ketones (excluding diaryl/α,β-unsaturated/α-hetero) is 1. The molecule has 1 saturated heterocycles. The number of likely N-dealkylation sites (tertiary alicyclic amines) is 1. The molecule has 0 bridgehead atoms. The maximum atomic E-state index is 13.1. The number of aromatic nitrogens is 1. The molecule has 1 fully saturated rings. The van der Waals surface area contributed by atoms with Gasteiger partial charge in [-0.05, 0) is 47.9 Å². The lowest BCUT2D eigenvalue weighted by atomic mass is 9.96. The van der Waals surface area contributed by atoms with Crippen LogP contribution in [0.1, 0.15) is 22.7 Å². The standard InChI is InChI=1S/C26H23BrN2O5/c1-33-20-10-5-16(14-21(20)34-2)11-13-29-23(18-4-3-12-28-15-18)22(25(31)26(29)32)24(30)17-6-8-19(27)9-7-17/h3-10,12,14-15,23,30H,11,13H2,1-2H3/b24-22+. The van der Waals surface area contributed by atoms with Gasteiger partial charge in [0.25, 0.3) is 11.7 Å². The SMILES string of the molecule is COc1ccc(CCN2C(=O)C(=O)/C(=C(/O)c3ccc(Br)cc3)C2c2cccnc2)cc1OC. The molecule has 34 heavy (non-hydrogen) atoms. The van der Waals surface area contributed by atoms with Crippen LogP contribution in [0.5, 0.6) is 11.5 Å². The number of ketones is 1. The smallest absolute Gasteiger partial charge is 0.295 e. The van der Waals surface area contributed by atoms with Gasteiger partial charge in [0.15, 0.2) is 11.5 Å². The number of methoxy groups -OCH3 is 2. The zero-order chi connectivity index (χ0) is 24.2. The highest BCUT2D eigenvalue weighted by atomic mass is 79.9. The van der Waals surface area contributed by atoms with E-state index in [-0.39, 0.29) is 17.9 Å². The molecule has 1 aromatic heterocycles. The Morgan fingerprint density at radius 3 is 2.44 bits per heavy atom. The highest BCUT2D eigenvalue weighted by Gasteiger charge is 2.45. The summed E-state index contributed by atoms with van der Waals surface area (Å²) in [5, 5.41) is 11.1. The number of aliphatic hydroxyl groups is 1. The molecule has 4 rings (SSSR count). The van der Waals surface area contributed by atoms with E-state index in [0.717, 1.165) is 10.0 Å². The Kier molecular flexibility index (Phi) is 6.98. The maximum Gasteiger partial charge on any atom is 0.295 e. The van der Waals surface area contributed by atoms with Gasteiger partial charge in [-0.2, -0.15) is 0 Å². The summed E-state index contributed by atoms with van der Waals surface area (Å²) in [6.07, 6.45) is 3.70. The largest absolute Gasteiger partial charge is 0.507 e. The summed E-state index contributed by atoms with van der Waals surface area (Å²) in [4.78, 5) is 31.8. The van der Waals surface area contributed by atoms with Crippen LogP contribution in [-0.4, -0.2) is 47.4 Å². The predicted molar refractivity (Wildman–Crippen MR) is 131 cm³/mol. The van der Waals surface area contributed by atoms with Crippen molar-refractivity contribution in [1.82, 2.24) is 9.88 Å². The van der Waals surface area contributed by atoms with Gasteiger partial charge in [-0.15, -0.1) is 0 Å². The first-order valence-electron chi connectivity index (χ1n) is 10.6. The molecule has 1 aliphatic rings. The number of pyridine rings is 1. The third-order valence-corrected chi connectivity index (χ3v) is 6.28. The summed E-state index contributed by atoms with van der Waals surface area (Å²) in [5.74, 6) is -0.402. The van der Waals surface area contributed by atoms with Crippen molar-refractivity contribution >= 4 is 33.4 Å². The fraction of sp³-hybridized carbons (Fsp3) is 0.192. The predicted octanol–water partition coefficient (Wildman–Crippen LogP) is 4.53. The Morgan fingerprint density at radius 1 is 1.06 bits per heavy atom. The number of hydrogen-bond acceptors (Lipinski definition) is 6. The minimum Gasteiger partial charge on any atom is -0.507 e. The zero-order valence-corrected chi connectivity index (χ0v) is 20.3. The van der Waals surface area contributed by atoms with E-state index in [2.05, 4.69) is 20.9 Å². The van der Waals surface area contributed by atoms with E-state index < -0.39 is 17.7 Å². The molecular weight excluding hydrogens is 500 g/mol. The summed E-state index contributed by atoms with van der Waals surface area (Å²) in [7, 11) is 3.13. The van der Waals surface area contributed by atoms with Crippen molar-refractivity contribution in [2.24, 2.45) is 0 Å². The van der Waals surface area contributed by atoms with Crippen molar-refractivity contribution < 1.29 is 24.2 Å². The van der Waals surface area contributed by atoms with E-state index in [1.807, 2.05) is 12.1 Å². The van der Waals surface area contributed by atoms with Crippen LogP contribution in [-0.2, 0) is 16.0 Å². The van der Waals surface area contributed by atoms with E-state index in [1.54, 1.807) is 69.1 Å². The number of benzene rings is 2. The van der Waals surface area contributed by atoms with Crippen molar-refractivity contribution in [2.45, 2.75) is 12.5 Å². The lowest BCUT2D eigenvalue weighted by molar-refractivity contribution is -0.139. The summed E-state index contributed by atoms with van der Waals surface area (Å²) in [6.45, 7) is 0.261. The van der Waals surface area contributed by atoms with Gasteiger partial charge in [0.1, 0.15) is 5.76 Å². The quantitative estimate of drug-likeness (QED) is 0.278. The van der Waals surface area contributed by atoms with Crippen molar-refractivity contribution in [3.05, 3.63) is 93.7 Å². The zero-order valence-electron chi connectivity index (χ0n) is 18.7. The second-order valence-electron chi connectivity index (χ2n) is 7.73. The van der Waals surface area contributed by atoms with Gasteiger partial charge in [0.2, 0.25) is 0 Å². The Balaban J connectivity index is 1.72. The van der Waals surface area contributed by atoms with Crippen LogP contribution < -0.4 is 9.47 Å². The number of carbonyl (C=O) groups is 2.